The Morgan fingerprint density at radius 2 is 2.08 bits per heavy atom. The SMILES string of the molecule is Cc1cc(=O)[nH]c2cc(NC(=O)CSc3nc4ccccc4s3)ccc12. The molecule has 0 unspecified atom stereocenters. The molecule has 0 fully saturated rings. The molecule has 0 saturated heterocycles. The lowest BCUT2D eigenvalue weighted by Gasteiger charge is -2.07. The average molecular weight is 381 g/mol. The minimum Gasteiger partial charge on any atom is -0.325 e. The molecule has 0 spiro atoms. The van der Waals surface area contributed by atoms with Crippen LogP contribution in [0.25, 0.3) is 21.1 Å². The maximum atomic E-state index is 12.2. The first-order valence-corrected chi connectivity index (χ1v) is 9.80. The quantitative estimate of drug-likeness (QED) is 0.520. The Kier molecular flexibility index (Phi) is 4.48. The van der Waals surface area contributed by atoms with Gasteiger partial charge in [0, 0.05) is 17.1 Å². The number of aromatic amines is 1. The third-order valence-corrected chi connectivity index (χ3v) is 6.11. The lowest BCUT2D eigenvalue weighted by atomic mass is 10.1. The van der Waals surface area contributed by atoms with Crippen LogP contribution in [0.15, 0.2) is 57.7 Å². The van der Waals surface area contributed by atoms with Crippen molar-refractivity contribution in [3.8, 4) is 0 Å². The highest BCUT2D eigenvalue weighted by atomic mass is 32.2. The maximum Gasteiger partial charge on any atom is 0.248 e. The molecule has 0 radical (unpaired) electrons. The van der Waals surface area contributed by atoms with E-state index in [9.17, 15) is 9.59 Å². The third kappa shape index (κ3) is 3.49. The number of pyridine rings is 1. The summed E-state index contributed by atoms with van der Waals surface area (Å²) in [5.41, 5.74) is 3.09. The standard InChI is InChI=1S/C19H15N3O2S2/c1-11-8-17(23)21-15-9-12(6-7-13(11)15)20-18(24)10-25-19-22-14-4-2-3-5-16(14)26-19/h2-9H,10H2,1H3,(H,20,24)(H,21,23). The Labute approximate surface area is 157 Å². The number of amides is 1. The summed E-state index contributed by atoms with van der Waals surface area (Å²) >= 11 is 3.00. The number of carbonyl (C=O) groups excluding carboxylic acids is 1. The molecule has 1 amide bonds. The molecule has 0 saturated carbocycles. The topological polar surface area (TPSA) is 74.8 Å². The Hall–Kier alpha value is -2.64. The van der Waals surface area contributed by atoms with Crippen molar-refractivity contribution in [2.24, 2.45) is 0 Å². The number of H-pyrrole nitrogens is 1. The van der Waals surface area contributed by atoms with E-state index in [4.69, 9.17) is 0 Å². The van der Waals surface area contributed by atoms with Crippen LogP contribution < -0.4 is 10.9 Å². The van der Waals surface area contributed by atoms with E-state index in [1.165, 1.54) is 11.8 Å². The molecule has 0 aliphatic heterocycles. The highest BCUT2D eigenvalue weighted by molar-refractivity contribution is 8.01. The van der Waals surface area contributed by atoms with E-state index in [1.54, 1.807) is 23.5 Å². The first-order valence-electron chi connectivity index (χ1n) is 8.00. The van der Waals surface area contributed by atoms with E-state index >= 15 is 0 Å². The van der Waals surface area contributed by atoms with Crippen molar-refractivity contribution in [1.29, 1.82) is 0 Å². The number of fused-ring (bicyclic) bond motifs is 2. The van der Waals surface area contributed by atoms with Gasteiger partial charge in [0.15, 0.2) is 4.34 Å². The van der Waals surface area contributed by atoms with E-state index in [0.29, 0.717) is 11.2 Å². The number of nitrogens with one attached hydrogen (secondary N) is 2. The van der Waals surface area contributed by atoms with Gasteiger partial charge < -0.3 is 10.3 Å². The van der Waals surface area contributed by atoms with Gasteiger partial charge in [0.2, 0.25) is 11.5 Å². The summed E-state index contributed by atoms with van der Waals surface area (Å²) in [6.07, 6.45) is 0. The van der Waals surface area contributed by atoms with Crippen LogP contribution in [-0.2, 0) is 4.79 Å². The summed E-state index contributed by atoms with van der Waals surface area (Å²) < 4.78 is 1.99. The zero-order valence-electron chi connectivity index (χ0n) is 13.9. The maximum absolute atomic E-state index is 12.2. The number of hydrogen-bond donors (Lipinski definition) is 2. The summed E-state index contributed by atoms with van der Waals surface area (Å²) in [4.78, 5) is 31.2. The van der Waals surface area contributed by atoms with Crippen LogP contribution in [0.5, 0.6) is 0 Å². The van der Waals surface area contributed by atoms with Crippen LogP contribution in [0, 0.1) is 6.92 Å². The lowest BCUT2D eigenvalue weighted by molar-refractivity contribution is -0.113. The summed E-state index contributed by atoms with van der Waals surface area (Å²) in [5, 5.41) is 3.84. The second-order valence-electron chi connectivity index (χ2n) is 5.86. The van der Waals surface area contributed by atoms with Crippen molar-refractivity contribution < 1.29 is 4.79 Å². The predicted octanol–water partition coefficient (Wildman–Crippen LogP) is 4.18. The molecular weight excluding hydrogens is 366 g/mol. The minimum atomic E-state index is -0.148. The van der Waals surface area contributed by atoms with Crippen LogP contribution in [0.1, 0.15) is 5.56 Å². The highest BCUT2D eigenvalue weighted by Crippen LogP contribution is 2.29. The van der Waals surface area contributed by atoms with Gasteiger partial charge in [-0.2, -0.15) is 0 Å². The zero-order valence-corrected chi connectivity index (χ0v) is 15.5. The van der Waals surface area contributed by atoms with E-state index in [1.807, 2.05) is 43.3 Å². The number of anilines is 1. The monoisotopic (exact) mass is 381 g/mol. The Bertz CT molecular complexity index is 1150. The molecule has 0 aliphatic rings. The summed E-state index contributed by atoms with van der Waals surface area (Å²) in [6, 6.07) is 15.0. The molecule has 0 aliphatic carbocycles. The van der Waals surface area contributed by atoms with Gasteiger partial charge in [-0.3, -0.25) is 9.59 Å². The molecule has 26 heavy (non-hydrogen) atoms. The summed E-state index contributed by atoms with van der Waals surface area (Å²) in [7, 11) is 0. The fraction of sp³-hybridized carbons (Fsp3) is 0.105. The van der Waals surface area contributed by atoms with Gasteiger partial charge in [0.05, 0.1) is 21.5 Å². The van der Waals surface area contributed by atoms with Crippen LogP contribution in [-0.4, -0.2) is 21.6 Å². The Morgan fingerprint density at radius 3 is 2.92 bits per heavy atom. The van der Waals surface area contributed by atoms with Crippen LogP contribution in [0.3, 0.4) is 0 Å². The molecule has 7 heteroatoms. The first kappa shape index (κ1) is 16.8. The van der Waals surface area contributed by atoms with Crippen molar-refractivity contribution in [2.45, 2.75) is 11.3 Å². The highest BCUT2D eigenvalue weighted by Gasteiger charge is 2.09. The van der Waals surface area contributed by atoms with Gasteiger partial charge in [0.25, 0.3) is 0 Å². The molecule has 2 N–H and O–H groups in total. The van der Waals surface area contributed by atoms with Crippen molar-refractivity contribution in [2.75, 3.05) is 11.1 Å². The number of thiazole rings is 1. The number of hydrogen-bond acceptors (Lipinski definition) is 5. The van der Waals surface area contributed by atoms with Crippen molar-refractivity contribution in [3.05, 3.63) is 64.4 Å². The summed E-state index contributed by atoms with van der Waals surface area (Å²) in [6.45, 7) is 1.89. The largest absolute Gasteiger partial charge is 0.325 e. The van der Waals surface area contributed by atoms with Crippen LogP contribution in [0.2, 0.25) is 0 Å². The molecular formula is C19H15N3O2S2. The van der Waals surface area contributed by atoms with Gasteiger partial charge in [0.1, 0.15) is 0 Å². The number of aryl methyl sites for hydroxylation is 1. The fourth-order valence-electron chi connectivity index (χ4n) is 2.75. The van der Waals surface area contributed by atoms with Gasteiger partial charge in [-0.15, -0.1) is 11.3 Å². The molecule has 4 aromatic rings. The smallest absolute Gasteiger partial charge is 0.248 e. The third-order valence-electron chi connectivity index (χ3n) is 3.93. The number of para-hydroxylation sites is 1. The molecule has 2 aromatic heterocycles. The normalized spacial score (nSPS) is 11.1. The number of benzene rings is 2. The number of nitrogens with zero attached hydrogens (tertiary/aromatic N) is 1. The summed E-state index contributed by atoms with van der Waals surface area (Å²) in [5.74, 6) is 0.172. The van der Waals surface area contributed by atoms with Gasteiger partial charge in [-0.25, -0.2) is 4.98 Å². The molecule has 130 valence electrons. The van der Waals surface area contributed by atoms with E-state index in [0.717, 1.165) is 25.5 Å². The van der Waals surface area contributed by atoms with Crippen molar-refractivity contribution in [1.82, 2.24) is 9.97 Å². The number of aromatic nitrogens is 2. The average Bonchev–Trinajstić information content (AvgIpc) is 3.02. The lowest BCUT2D eigenvalue weighted by Crippen LogP contribution is -2.14. The molecule has 0 atom stereocenters. The van der Waals surface area contributed by atoms with Gasteiger partial charge >= 0.3 is 0 Å². The van der Waals surface area contributed by atoms with Crippen molar-refractivity contribution >= 4 is 55.8 Å². The molecule has 4 rings (SSSR count). The van der Waals surface area contributed by atoms with E-state index in [-0.39, 0.29) is 17.2 Å². The Morgan fingerprint density at radius 1 is 1.23 bits per heavy atom. The Balaban J connectivity index is 1.46. The van der Waals surface area contributed by atoms with E-state index < -0.39 is 0 Å². The first-order chi connectivity index (χ1) is 12.6. The number of rotatable bonds is 4. The molecule has 2 heterocycles. The molecule has 5 nitrogen and oxygen atoms in total. The molecule has 2 aromatic carbocycles. The number of thioether (sulfide) groups is 1. The van der Waals surface area contributed by atoms with Crippen LogP contribution in [0.4, 0.5) is 5.69 Å². The fourth-order valence-corrected chi connectivity index (χ4v) is 4.62. The zero-order chi connectivity index (χ0) is 18.1. The second-order valence-corrected chi connectivity index (χ2v) is 8.11. The molecule has 0 bridgehead atoms. The van der Waals surface area contributed by atoms with E-state index in [2.05, 4.69) is 15.3 Å². The van der Waals surface area contributed by atoms with Crippen molar-refractivity contribution in [3.63, 3.8) is 0 Å². The van der Waals surface area contributed by atoms with Gasteiger partial charge in [-0.1, -0.05) is 30.0 Å². The van der Waals surface area contributed by atoms with Crippen LogP contribution >= 0.6 is 23.1 Å². The number of carbonyl (C=O) groups is 1. The van der Waals surface area contributed by atoms with Gasteiger partial charge in [-0.05, 0) is 36.8 Å². The predicted molar refractivity (Wildman–Crippen MR) is 108 cm³/mol. The second kappa shape index (κ2) is 6.93. The minimum absolute atomic E-state index is 0.108.